The first kappa shape index (κ1) is 11.7. The number of anilines is 1. The number of fused-ring (bicyclic) bond motifs is 1. The van der Waals surface area contributed by atoms with Crippen LogP contribution in [0.1, 0.15) is 0 Å². The van der Waals surface area contributed by atoms with Gasteiger partial charge in [-0.25, -0.2) is 17.4 Å². The normalized spacial score (nSPS) is 11.8. The van der Waals surface area contributed by atoms with Crippen molar-refractivity contribution in [2.24, 2.45) is 0 Å². The minimum Gasteiger partial charge on any atom is -0.399 e. The molecule has 2 N–H and O–H groups in total. The summed E-state index contributed by atoms with van der Waals surface area (Å²) in [5, 5.41) is 0. The van der Waals surface area contributed by atoms with Crippen LogP contribution in [0.4, 0.5) is 5.69 Å². The minimum absolute atomic E-state index is 0.117. The third kappa shape index (κ3) is 1.84. The molecule has 3 rings (SSSR count). The highest BCUT2D eigenvalue weighted by molar-refractivity contribution is 7.90. The number of hydrogen-bond donors (Lipinski definition) is 1. The van der Waals surface area contributed by atoms with E-state index in [-0.39, 0.29) is 4.90 Å². The molecule has 1 aromatic carbocycles. The predicted molar refractivity (Wildman–Crippen MR) is 71.0 cm³/mol. The van der Waals surface area contributed by atoms with E-state index in [0.29, 0.717) is 16.7 Å². The molecule has 0 unspecified atom stereocenters. The Balaban J connectivity index is 2.25. The summed E-state index contributed by atoms with van der Waals surface area (Å²) in [5.74, 6) is 0. The van der Waals surface area contributed by atoms with Gasteiger partial charge in [-0.05, 0) is 30.3 Å². The van der Waals surface area contributed by atoms with Crippen molar-refractivity contribution in [2.45, 2.75) is 4.90 Å². The molecule has 0 saturated heterocycles. The molecule has 0 atom stereocenters. The molecule has 6 nitrogen and oxygen atoms in total. The van der Waals surface area contributed by atoms with Gasteiger partial charge in [0.2, 0.25) is 0 Å². The minimum atomic E-state index is -3.68. The SMILES string of the molecule is Nc1ccc2c(c1)ncn2S(=O)(=O)c1cccnc1. The van der Waals surface area contributed by atoms with E-state index in [1.807, 2.05) is 0 Å². The van der Waals surface area contributed by atoms with Crippen LogP contribution in [0.3, 0.4) is 0 Å². The van der Waals surface area contributed by atoms with E-state index in [9.17, 15) is 8.42 Å². The lowest BCUT2D eigenvalue weighted by molar-refractivity contribution is 0.588. The largest absolute Gasteiger partial charge is 0.399 e. The maximum Gasteiger partial charge on any atom is 0.271 e. The van der Waals surface area contributed by atoms with Gasteiger partial charge in [-0.3, -0.25) is 4.98 Å². The highest BCUT2D eigenvalue weighted by Gasteiger charge is 2.19. The first-order valence-electron chi connectivity index (χ1n) is 5.47. The van der Waals surface area contributed by atoms with Crippen molar-refractivity contribution in [3.63, 3.8) is 0 Å². The molecule has 0 aliphatic rings. The monoisotopic (exact) mass is 274 g/mol. The maximum absolute atomic E-state index is 12.4. The zero-order valence-electron chi connectivity index (χ0n) is 9.76. The van der Waals surface area contributed by atoms with Crippen molar-refractivity contribution < 1.29 is 8.42 Å². The lowest BCUT2D eigenvalue weighted by Crippen LogP contribution is -2.12. The zero-order valence-corrected chi connectivity index (χ0v) is 10.6. The highest BCUT2D eigenvalue weighted by Crippen LogP contribution is 2.21. The van der Waals surface area contributed by atoms with Crippen LogP contribution >= 0.6 is 0 Å². The van der Waals surface area contributed by atoms with Gasteiger partial charge in [-0.2, -0.15) is 0 Å². The van der Waals surface area contributed by atoms with Crippen molar-refractivity contribution in [3.8, 4) is 0 Å². The van der Waals surface area contributed by atoms with Crippen LogP contribution in [0.25, 0.3) is 11.0 Å². The van der Waals surface area contributed by atoms with Gasteiger partial charge in [0.05, 0.1) is 11.0 Å². The number of nitrogen functional groups attached to an aromatic ring is 1. The van der Waals surface area contributed by atoms with E-state index in [1.165, 1.54) is 24.8 Å². The van der Waals surface area contributed by atoms with Crippen molar-refractivity contribution in [3.05, 3.63) is 49.1 Å². The molecule has 2 heterocycles. The number of imidazole rings is 1. The molecule has 0 amide bonds. The van der Waals surface area contributed by atoms with E-state index in [1.54, 1.807) is 24.3 Å². The second-order valence-corrected chi connectivity index (χ2v) is 5.80. The Labute approximate surface area is 109 Å². The van der Waals surface area contributed by atoms with Gasteiger partial charge in [0.25, 0.3) is 10.0 Å². The van der Waals surface area contributed by atoms with Crippen LogP contribution in [0.15, 0.2) is 53.9 Å². The van der Waals surface area contributed by atoms with Crippen LogP contribution in [-0.2, 0) is 10.0 Å². The van der Waals surface area contributed by atoms with Crippen molar-refractivity contribution in [2.75, 3.05) is 5.73 Å². The van der Waals surface area contributed by atoms with Crippen LogP contribution < -0.4 is 5.73 Å². The van der Waals surface area contributed by atoms with Crippen LogP contribution in [0.2, 0.25) is 0 Å². The summed E-state index contributed by atoms with van der Waals surface area (Å²) in [6.45, 7) is 0. The molecular weight excluding hydrogens is 264 g/mol. The number of benzene rings is 1. The predicted octanol–water partition coefficient (Wildman–Crippen LogP) is 1.25. The first-order valence-corrected chi connectivity index (χ1v) is 6.91. The third-order valence-electron chi connectivity index (χ3n) is 2.73. The number of nitrogens with two attached hydrogens (primary N) is 1. The van der Waals surface area contributed by atoms with Gasteiger partial charge in [-0.15, -0.1) is 0 Å². The first-order chi connectivity index (χ1) is 9.09. The standard InChI is InChI=1S/C12H10N4O2S/c13-9-3-4-12-11(6-9)15-8-16(12)19(17,18)10-2-1-5-14-7-10/h1-8H,13H2. The van der Waals surface area contributed by atoms with E-state index in [4.69, 9.17) is 5.73 Å². The van der Waals surface area contributed by atoms with Crippen molar-refractivity contribution >= 4 is 26.7 Å². The molecule has 0 bridgehead atoms. The van der Waals surface area contributed by atoms with Crippen molar-refractivity contribution in [1.29, 1.82) is 0 Å². The summed E-state index contributed by atoms with van der Waals surface area (Å²) in [6, 6.07) is 7.96. The Morgan fingerprint density at radius 1 is 1.21 bits per heavy atom. The Bertz CT molecular complexity index is 841. The highest BCUT2D eigenvalue weighted by atomic mass is 32.2. The quantitative estimate of drug-likeness (QED) is 0.710. The number of aromatic nitrogens is 3. The van der Waals surface area contributed by atoms with Gasteiger partial charge < -0.3 is 5.73 Å². The maximum atomic E-state index is 12.4. The fourth-order valence-corrected chi connectivity index (χ4v) is 3.07. The van der Waals surface area contributed by atoms with Gasteiger partial charge in [0, 0.05) is 18.1 Å². The average molecular weight is 274 g/mol. The Hall–Kier alpha value is -2.41. The van der Waals surface area contributed by atoms with E-state index < -0.39 is 10.0 Å². The van der Waals surface area contributed by atoms with Crippen LogP contribution in [0.5, 0.6) is 0 Å². The summed E-state index contributed by atoms with van der Waals surface area (Å²) in [6.07, 6.45) is 4.09. The lowest BCUT2D eigenvalue weighted by Gasteiger charge is -2.05. The molecule has 0 radical (unpaired) electrons. The zero-order chi connectivity index (χ0) is 13.5. The van der Waals surface area contributed by atoms with Crippen molar-refractivity contribution in [1.82, 2.24) is 13.9 Å². The lowest BCUT2D eigenvalue weighted by atomic mass is 10.3. The Kier molecular flexibility index (Phi) is 2.49. The van der Waals surface area contributed by atoms with E-state index in [0.717, 1.165) is 3.97 Å². The molecule has 0 saturated carbocycles. The van der Waals surface area contributed by atoms with Gasteiger partial charge >= 0.3 is 0 Å². The fourth-order valence-electron chi connectivity index (χ4n) is 1.81. The number of pyridine rings is 1. The molecular formula is C12H10N4O2S. The second kappa shape index (κ2) is 4.06. The molecule has 96 valence electrons. The molecule has 0 aliphatic carbocycles. The fraction of sp³-hybridized carbons (Fsp3) is 0. The van der Waals surface area contributed by atoms with Crippen LogP contribution in [0, 0.1) is 0 Å². The summed E-state index contributed by atoms with van der Waals surface area (Å²) < 4.78 is 26.0. The molecule has 0 fully saturated rings. The number of hydrogen-bond acceptors (Lipinski definition) is 5. The molecule has 0 aliphatic heterocycles. The summed E-state index contributed by atoms with van der Waals surface area (Å²) in [4.78, 5) is 7.99. The summed E-state index contributed by atoms with van der Waals surface area (Å²) in [7, 11) is -3.68. The Morgan fingerprint density at radius 2 is 2.05 bits per heavy atom. The van der Waals surface area contributed by atoms with E-state index >= 15 is 0 Å². The summed E-state index contributed by atoms with van der Waals surface area (Å²) >= 11 is 0. The average Bonchev–Trinajstić information content (AvgIpc) is 2.83. The number of rotatable bonds is 2. The molecule has 3 aromatic rings. The second-order valence-electron chi connectivity index (χ2n) is 3.98. The van der Waals surface area contributed by atoms with Crippen LogP contribution in [-0.4, -0.2) is 22.4 Å². The molecule has 0 spiro atoms. The van der Waals surface area contributed by atoms with Gasteiger partial charge in [0.1, 0.15) is 11.2 Å². The topological polar surface area (TPSA) is 90.9 Å². The van der Waals surface area contributed by atoms with Gasteiger partial charge in [0.15, 0.2) is 0 Å². The number of nitrogens with zero attached hydrogens (tertiary/aromatic N) is 3. The van der Waals surface area contributed by atoms with Gasteiger partial charge in [-0.1, -0.05) is 0 Å². The molecule has 2 aromatic heterocycles. The molecule has 7 heteroatoms. The smallest absolute Gasteiger partial charge is 0.271 e. The molecule has 19 heavy (non-hydrogen) atoms. The Morgan fingerprint density at radius 3 is 2.79 bits per heavy atom. The third-order valence-corrected chi connectivity index (χ3v) is 4.38. The summed E-state index contributed by atoms with van der Waals surface area (Å²) in [5.41, 5.74) is 7.20. The van der Waals surface area contributed by atoms with E-state index in [2.05, 4.69) is 9.97 Å².